The Balaban J connectivity index is 1.18. The summed E-state index contributed by atoms with van der Waals surface area (Å²) in [5.74, 6) is 5.35. The topological polar surface area (TPSA) is 0 Å². The molecule has 1 aromatic rings. The van der Waals surface area contributed by atoms with Crippen molar-refractivity contribution in [1.82, 2.24) is 0 Å². The molecule has 1 heteroatoms. The minimum absolute atomic E-state index is 0.0223. The van der Waals surface area contributed by atoms with Gasteiger partial charge in [-0.05, 0) is 79.2 Å². The van der Waals surface area contributed by atoms with E-state index in [-0.39, 0.29) is 5.82 Å². The lowest BCUT2D eigenvalue weighted by Gasteiger charge is -2.43. The zero-order valence-electron chi connectivity index (χ0n) is 18.8. The van der Waals surface area contributed by atoms with E-state index in [1.165, 1.54) is 96.3 Å². The monoisotopic (exact) mass is 398 g/mol. The summed E-state index contributed by atoms with van der Waals surface area (Å²) in [6.45, 7) is 2.33. The van der Waals surface area contributed by atoms with Gasteiger partial charge in [0.2, 0.25) is 0 Å². The second-order valence-corrected chi connectivity index (χ2v) is 10.8. The molecular formula is C28H43F. The molecule has 3 aliphatic rings. The molecule has 4 atom stereocenters. The van der Waals surface area contributed by atoms with Crippen molar-refractivity contribution in [3.05, 3.63) is 35.6 Å². The van der Waals surface area contributed by atoms with Gasteiger partial charge in [0.15, 0.2) is 0 Å². The highest BCUT2D eigenvalue weighted by molar-refractivity contribution is 5.22. The molecule has 3 aliphatic carbocycles. The van der Waals surface area contributed by atoms with E-state index in [4.69, 9.17) is 0 Å². The lowest BCUT2D eigenvalue weighted by atomic mass is 9.63. The minimum Gasteiger partial charge on any atom is -0.207 e. The van der Waals surface area contributed by atoms with Crippen LogP contribution in [0.3, 0.4) is 0 Å². The molecule has 1 aromatic carbocycles. The molecule has 0 heterocycles. The van der Waals surface area contributed by atoms with E-state index >= 15 is 0 Å². The van der Waals surface area contributed by atoms with E-state index in [1.54, 1.807) is 6.07 Å². The highest BCUT2D eigenvalue weighted by Gasteiger charge is 2.36. The maximum absolute atomic E-state index is 14.2. The fraction of sp³-hybridized carbons (Fsp3) is 0.786. The van der Waals surface area contributed by atoms with Gasteiger partial charge in [-0.25, -0.2) is 4.39 Å². The summed E-state index contributed by atoms with van der Waals surface area (Å²) in [6.07, 6.45) is 21.4. The van der Waals surface area contributed by atoms with E-state index < -0.39 is 0 Å². The van der Waals surface area contributed by atoms with Crippen LogP contribution in [-0.4, -0.2) is 0 Å². The zero-order chi connectivity index (χ0) is 20.1. The molecule has 0 spiro atoms. The molecule has 4 unspecified atom stereocenters. The summed E-state index contributed by atoms with van der Waals surface area (Å²) in [5, 5.41) is 0. The van der Waals surface area contributed by atoms with E-state index in [9.17, 15) is 4.39 Å². The van der Waals surface area contributed by atoms with Gasteiger partial charge >= 0.3 is 0 Å². The average molecular weight is 399 g/mol. The summed E-state index contributed by atoms with van der Waals surface area (Å²) >= 11 is 0. The normalized spacial score (nSPS) is 35.2. The smallest absolute Gasteiger partial charge is 0.126 e. The highest BCUT2D eigenvalue weighted by atomic mass is 19.1. The summed E-state index contributed by atoms with van der Waals surface area (Å²) in [4.78, 5) is 0. The van der Waals surface area contributed by atoms with Crippen molar-refractivity contribution >= 4 is 0 Å². The number of hydrogen-bond acceptors (Lipinski definition) is 0. The summed E-state index contributed by atoms with van der Waals surface area (Å²) in [7, 11) is 0. The average Bonchev–Trinajstić information content (AvgIpc) is 2.77. The lowest BCUT2D eigenvalue weighted by Crippen LogP contribution is -2.31. The standard InChI is InChI=1S/C28H43F/c1-2-3-6-21-9-11-22(12-10-21)13-14-23-15-16-25-20-26(18-17-24(25)19-23)27-7-4-5-8-28(27)29/h4-5,7-8,21-26H,2-3,6,9-20H2,1H3. The molecular weight excluding hydrogens is 355 g/mol. The zero-order valence-corrected chi connectivity index (χ0v) is 18.8. The van der Waals surface area contributed by atoms with Crippen LogP contribution in [-0.2, 0) is 0 Å². The Morgan fingerprint density at radius 3 is 2.10 bits per heavy atom. The van der Waals surface area contributed by atoms with Crippen molar-refractivity contribution in [1.29, 1.82) is 0 Å². The minimum atomic E-state index is 0.0223. The molecule has 4 rings (SSSR count). The third kappa shape index (κ3) is 5.65. The Morgan fingerprint density at radius 2 is 1.34 bits per heavy atom. The molecule has 0 radical (unpaired) electrons. The number of halogens is 1. The molecule has 0 bridgehead atoms. The maximum Gasteiger partial charge on any atom is 0.126 e. The molecule has 0 N–H and O–H groups in total. The first-order valence-electron chi connectivity index (χ1n) is 13.0. The second kappa shape index (κ2) is 10.5. The number of rotatable bonds is 7. The fourth-order valence-corrected chi connectivity index (χ4v) is 7.11. The number of hydrogen-bond donors (Lipinski definition) is 0. The largest absolute Gasteiger partial charge is 0.207 e. The van der Waals surface area contributed by atoms with Crippen LogP contribution in [0.4, 0.5) is 4.39 Å². The van der Waals surface area contributed by atoms with Crippen molar-refractivity contribution in [2.24, 2.45) is 29.6 Å². The quantitative estimate of drug-likeness (QED) is 0.430. The van der Waals surface area contributed by atoms with Crippen LogP contribution in [0.25, 0.3) is 0 Å². The molecule has 0 aliphatic heterocycles. The number of fused-ring (bicyclic) bond motifs is 1. The highest BCUT2D eigenvalue weighted by Crippen LogP contribution is 2.49. The first-order valence-corrected chi connectivity index (χ1v) is 13.0. The van der Waals surface area contributed by atoms with E-state index in [0.29, 0.717) is 5.92 Å². The molecule has 0 amide bonds. The van der Waals surface area contributed by atoms with Crippen molar-refractivity contribution in [3.63, 3.8) is 0 Å². The predicted molar refractivity (Wildman–Crippen MR) is 122 cm³/mol. The third-order valence-electron chi connectivity index (χ3n) is 8.98. The van der Waals surface area contributed by atoms with Gasteiger partial charge in [0.1, 0.15) is 5.82 Å². The lowest BCUT2D eigenvalue weighted by molar-refractivity contribution is 0.108. The molecule has 0 aromatic heterocycles. The van der Waals surface area contributed by atoms with Crippen molar-refractivity contribution in [2.75, 3.05) is 0 Å². The Labute approximate surface area is 179 Å². The first-order chi connectivity index (χ1) is 14.2. The Morgan fingerprint density at radius 1 is 0.724 bits per heavy atom. The fourth-order valence-electron chi connectivity index (χ4n) is 7.11. The van der Waals surface area contributed by atoms with Crippen LogP contribution in [0.2, 0.25) is 0 Å². The number of benzene rings is 1. The van der Waals surface area contributed by atoms with E-state index in [1.807, 2.05) is 18.2 Å². The van der Waals surface area contributed by atoms with Crippen LogP contribution in [0.5, 0.6) is 0 Å². The van der Waals surface area contributed by atoms with Crippen molar-refractivity contribution in [2.45, 2.75) is 109 Å². The Bertz CT molecular complexity index is 614. The van der Waals surface area contributed by atoms with Gasteiger partial charge in [0.25, 0.3) is 0 Å². The number of unbranched alkanes of at least 4 members (excludes halogenated alkanes) is 1. The first kappa shape index (κ1) is 21.4. The van der Waals surface area contributed by atoms with Gasteiger partial charge in [-0.2, -0.15) is 0 Å². The van der Waals surface area contributed by atoms with Gasteiger partial charge in [-0.1, -0.05) is 89.3 Å². The molecule has 0 nitrogen and oxygen atoms in total. The molecule has 3 saturated carbocycles. The van der Waals surface area contributed by atoms with Crippen LogP contribution >= 0.6 is 0 Å². The molecule has 29 heavy (non-hydrogen) atoms. The summed E-state index contributed by atoms with van der Waals surface area (Å²) in [6, 6.07) is 7.52. The van der Waals surface area contributed by atoms with Crippen LogP contribution in [0, 0.1) is 35.4 Å². The Hall–Kier alpha value is -0.850. The molecule has 3 fully saturated rings. The van der Waals surface area contributed by atoms with Gasteiger partial charge in [-0.15, -0.1) is 0 Å². The third-order valence-corrected chi connectivity index (χ3v) is 8.98. The Kier molecular flexibility index (Phi) is 7.71. The summed E-state index contributed by atoms with van der Waals surface area (Å²) < 4.78 is 14.2. The van der Waals surface area contributed by atoms with Gasteiger partial charge in [0, 0.05) is 0 Å². The van der Waals surface area contributed by atoms with Gasteiger partial charge < -0.3 is 0 Å². The van der Waals surface area contributed by atoms with Crippen LogP contribution in [0.15, 0.2) is 24.3 Å². The van der Waals surface area contributed by atoms with Crippen molar-refractivity contribution < 1.29 is 4.39 Å². The summed E-state index contributed by atoms with van der Waals surface area (Å²) in [5.41, 5.74) is 0.989. The predicted octanol–water partition coefficient (Wildman–Crippen LogP) is 8.90. The SMILES string of the molecule is CCCCC1CCC(CCC2CCC3CC(c4ccccc4F)CCC3C2)CC1. The molecule has 0 saturated heterocycles. The van der Waals surface area contributed by atoms with Gasteiger partial charge in [0.05, 0.1) is 0 Å². The van der Waals surface area contributed by atoms with Crippen LogP contribution in [0.1, 0.15) is 115 Å². The maximum atomic E-state index is 14.2. The van der Waals surface area contributed by atoms with E-state index in [0.717, 1.165) is 35.2 Å². The van der Waals surface area contributed by atoms with Gasteiger partial charge in [-0.3, -0.25) is 0 Å². The second-order valence-electron chi connectivity index (χ2n) is 10.8. The molecule has 162 valence electrons. The van der Waals surface area contributed by atoms with Crippen molar-refractivity contribution in [3.8, 4) is 0 Å². The van der Waals surface area contributed by atoms with Crippen LogP contribution < -0.4 is 0 Å². The van der Waals surface area contributed by atoms with E-state index in [2.05, 4.69) is 6.92 Å².